The number of rotatable bonds is 4. The molecule has 1 aromatic heterocycles. The van der Waals surface area contributed by atoms with Gasteiger partial charge in [0.15, 0.2) is 0 Å². The van der Waals surface area contributed by atoms with E-state index in [2.05, 4.69) is 10.3 Å². The van der Waals surface area contributed by atoms with Crippen molar-refractivity contribution in [2.75, 3.05) is 6.61 Å². The molecule has 0 fully saturated rings. The largest absolute Gasteiger partial charge is 0.477 e. The number of fused-ring (bicyclic) bond motifs is 1. The normalized spacial score (nSPS) is 16.2. The number of carbonyl (C=O) groups is 1. The van der Waals surface area contributed by atoms with Gasteiger partial charge in [-0.1, -0.05) is 29.3 Å². The van der Waals surface area contributed by atoms with Crippen LogP contribution in [0.2, 0.25) is 10.0 Å². The van der Waals surface area contributed by atoms with Crippen LogP contribution in [-0.2, 0) is 17.9 Å². The number of halogens is 2. The standard InChI is InChI=1S/C17H16Cl2N2O3/c18-11-6-10(9-22)14(15(19)7-11)8-21-16(23)12-3-5-24-17-13(12)2-1-4-20-17/h1-2,4,6-7,12,22H,3,5,8-9H2,(H,21,23). The minimum absolute atomic E-state index is 0.123. The Kier molecular flexibility index (Phi) is 5.23. The Morgan fingerprint density at radius 3 is 3.04 bits per heavy atom. The van der Waals surface area contributed by atoms with Crippen molar-refractivity contribution in [2.24, 2.45) is 0 Å². The van der Waals surface area contributed by atoms with E-state index < -0.39 is 0 Å². The van der Waals surface area contributed by atoms with E-state index in [0.717, 1.165) is 5.56 Å². The number of aliphatic hydroxyl groups is 1. The van der Waals surface area contributed by atoms with E-state index in [1.54, 1.807) is 24.4 Å². The first-order valence-electron chi connectivity index (χ1n) is 7.53. The molecule has 1 aliphatic heterocycles. The third-order valence-electron chi connectivity index (χ3n) is 4.00. The minimum atomic E-state index is -0.314. The molecule has 7 heteroatoms. The third kappa shape index (κ3) is 3.48. The van der Waals surface area contributed by atoms with Gasteiger partial charge in [0.1, 0.15) is 0 Å². The van der Waals surface area contributed by atoms with Gasteiger partial charge < -0.3 is 15.2 Å². The molecule has 2 aromatic rings. The molecule has 1 aromatic carbocycles. The molecule has 5 nitrogen and oxygen atoms in total. The molecule has 0 bridgehead atoms. The van der Waals surface area contributed by atoms with E-state index in [1.807, 2.05) is 6.07 Å². The summed E-state index contributed by atoms with van der Waals surface area (Å²) in [4.78, 5) is 16.7. The third-order valence-corrected chi connectivity index (χ3v) is 4.56. The highest BCUT2D eigenvalue weighted by Crippen LogP contribution is 2.32. The number of carbonyl (C=O) groups excluding carboxylic acids is 1. The maximum absolute atomic E-state index is 12.6. The van der Waals surface area contributed by atoms with Gasteiger partial charge in [-0.3, -0.25) is 4.79 Å². The molecule has 2 heterocycles. The predicted molar refractivity (Wildman–Crippen MR) is 91.3 cm³/mol. The summed E-state index contributed by atoms with van der Waals surface area (Å²) >= 11 is 12.1. The van der Waals surface area contributed by atoms with Gasteiger partial charge in [-0.05, 0) is 35.7 Å². The highest BCUT2D eigenvalue weighted by Gasteiger charge is 2.28. The van der Waals surface area contributed by atoms with Crippen LogP contribution in [0.15, 0.2) is 30.5 Å². The quantitative estimate of drug-likeness (QED) is 0.871. The van der Waals surface area contributed by atoms with E-state index in [-0.39, 0.29) is 25.0 Å². The van der Waals surface area contributed by atoms with Gasteiger partial charge >= 0.3 is 0 Å². The summed E-state index contributed by atoms with van der Waals surface area (Å²) in [6.07, 6.45) is 2.23. The summed E-state index contributed by atoms with van der Waals surface area (Å²) in [5.74, 6) is 0.0676. The number of ether oxygens (including phenoxy) is 1. The summed E-state index contributed by atoms with van der Waals surface area (Å²) in [5, 5.41) is 13.2. The monoisotopic (exact) mass is 366 g/mol. The lowest BCUT2D eigenvalue weighted by atomic mass is 9.94. The number of nitrogens with one attached hydrogen (secondary N) is 1. The minimum Gasteiger partial charge on any atom is -0.477 e. The molecule has 2 N–H and O–H groups in total. The summed E-state index contributed by atoms with van der Waals surface area (Å²) in [6, 6.07) is 6.87. The fourth-order valence-corrected chi connectivity index (χ4v) is 3.39. The molecule has 0 radical (unpaired) electrons. The van der Waals surface area contributed by atoms with Crippen molar-refractivity contribution in [3.63, 3.8) is 0 Å². The van der Waals surface area contributed by atoms with Crippen LogP contribution in [0.3, 0.4) is 0 Å². The molecule has 0 spiro atoms. The van der Waals surface area contributed by atoms with Gasteiger partial charge in [-0.15, -0.1) is 0 Å². The zero-order chi connectivity index (χ0) is 17.1. The van der Waals surface area contributed by atoms with E-state index in [0.29, 0.717) is 40.1 Å². The number of hydrogen-bond acceptors (Lipinski definition) is 4. The molecule has 0 aliphatic carbocycles. The van der Waals surface area contributed by atoms with Crippen LogP contribution in [0.25, 0.3) is 0 Å². The number of aromatic nitrogens is 1. The summed E-state index contributed by atoms with van der Waals surface area (Å²) in [5.41, 5.74) is 2.04. The second kappa shape index (κ2) is 7.38. The number of hydrogen-bond donors (Lipinski definition) is 2. The Labute approximate surface area is 149 Å². The van der Waals surface area contributed by atoms with Crippen LogP contribution in [-0.4, -0.2) is 22.6 Å². The summed E-state index contributed by atoms with van der Waals surface area (Å²) < 4.78 is 5.48. The smallest absolute Gasteiger partial charge is 0.228 e. The second-order valence-electron chi connectivity index (χ2n) is 5.49. The average molecular weight is 367 g/mol. The summed E-state index contributed by atoms with van der Waals surface area (Å²) in [6.45, 7) is 0.471. The van der Waals surface area contributed by atoms with Crippen molar-refractivity contribution >= 4 is 29.1 Å². The highest BCUT2D eigenvalue weighted by molar-refractivity contribution is 6.35. The number of pyridine rings is 1. The van der Waals surface area contributed by atoms with Crippen molar-refractivity contribution in [1.82, 2.24) is 10.3 Å². The molecular formula is C17H16Cl2N2O3. The molecule has 1 aliphatic rings. The second-order valence-corrected chi connectivity index (χ2v) is 6.33. The molecule has 0 saturated carbocycles. The van der Waals surface area contributed by atoms with E-state index in [1.165, 1.54) is 0 Å². The first-order chi connectivity index (χ1) is 11.6. The van der Waals surface area contributed by atoms with E-state index in [4.69, 9.17) is 27.9 Å². The Morgan fingerprint density at radius 1 is 1.42 bits per heavy atom. The van der Waals surface area contributed by atoms with Crippen molar-refractivity contribution in [2.45, 2.75) is 25.5 Å². The van der Waals surface area contributed by atoms with Gasteiger partial charge in [0.05, 0.1) is 19.1 Å². The van der Waals surface area contributed by atoms with E-state index in [9.17, 15) is 9.90 Å². The molecule has 1 unspecified atom stereocenters. The van der Waals surface area contributed by atoms with Gasteiger partial charge in [0, 0.05) is 28.4 Å². The zero-order valence-corrected chi connectivity index (χ0v) is 14.3. The van der Waals surface area contributed by atoms with Gasteiger partial charge in [0.25, 0.3) is 0 Å². The zero-order valence-electron chi connectivity index (χ0n) is 12.8. The number of aliphatic hydroxyl groups excluding tert-OH is 1. The van der Waals surface area contributed by atoms with Crippen LogP contribution in [0.4, 0.5) is 0 Å². The van der Waals surface area contributed by atoms with Crippen LogP contribution in [0.1, 0.15) is 29.0 Å². The van der Waals surface area contributed by atoms with Crippen molar-refractivity contribution in [3.05, 3.63) is 57.2 Å². The molecule has 0 saturated heterocycles. The first-order valence-corrected chi connectivity index (χ1v) is 8.29. The summed E-state index contributed by atoms with van der Waals surface area (Å²) in [7, 11) is 0. The molecule has 126 valence electrons. The molecule has 3 rings (SSSR count). The fraction of sp³-hybridized carbons (Fsp3) is 0.294. The van der Waals surface area contributed by atoms with Crippen molar-refractivity contribution < 1.29 is 14.6 Å². The molecule has 24 heavy (non-hydrogen) atoms. The van der Waals surface area contributed by atoms with Crippen molar-refractivity contribution in [3.8, 4) is 5.88 Å². The van der Waals surface area contributed by atoms with Gasteiger partial charge in [-0.25, -0.2) is 4.98 Å². The maximum atomic E-state index is 12.6. The Morgan fingerprint density at radius 2 is 2.25 bits per heavy atom. The average Bonchev–Trinajstić information content (AvgIpc) is 2.59. The lowest BCUT2D eigenvalue weighted by Crippen LogP contribution is -2.32. The molecular weight excluding hydrogens is 351 g/mol. The number of benzene rings is 1. The van der Waals surface area contributed by atoms with Crippen LogP contribution >= 0.6 is 23.2 Å². The topological polar surface area (TPSA) is 71.5 Å². The SMILES string of the molecule is O=C(NCc1c(Cl)cc(Cl)cc1CO)C1CCOc2ncccc21. The molecule has 1 atom stereocenters. The van der Waals surface area contributed by atoms with Crippen molar-refractivity contribution in [1.29, 1.82) is 0 Å². The Bertz CT molecular complexity index is 767. The first kappa shape index (κ1) is 17.0. The molecule has 1 amide bonds. The predicted octanol–water partition coefficient (Wildman–Crippen LogP) is 3.06. The highest BCUT2D eigenvalue weighted by atomic mass is 35.5. The fourth-order valence-electron chi connectivity index (χ4n) is 2.78. The van der Waals surface area contributed by atoms with E-state index >= 15 is 0 Å². The number of nitrogens with zero attached hydrogens (tertiary/aromatic N) is 1. The Balaban J connectivity index is 1.76. The van der Waals surface area contributed by atoms with Crippen LogP contribution in [0, 0.1) is 0 Å². The van der Waals surface area contributed by atoms with Crippen LogP contribution in [0.5, 0.6) is 5.88 Å². The van der Waals surface area contributed by atoms with Gasteiger partial charge in [-0.2, -0.15) is 0 Å². The van der Waals surface area contributed by atoms with Gasteiger partial charge in [0.2, 0.25) is 11.8 Å². The Hall–Kier alpha value is -1.82. The number of amides is 1. The maximum Gasteiger partial charge on any atom is 0.228 e. The van der Waals surface area contributed by atoms with Crippen LogP contribution < -0.4 is 10.1 Å². The lowest BCUT2D eigenvalue weighted by molar-refractivity contribution is -0.123. The lowest BCUT2D eigenvalue weighted by Gasteiger charge is -2.24.